The Morgan fingerprint density at radius 3 is 2.53 bits per heavy atom. The second-order valence-corrected chi connectivity index (χ2v) is 5.51. The number of Topliss-reactive ketones (excluding diaryl/α,β-unsaturated/α-hetero) is 1. The number of fused-ring (bicyclic) bond motifs is 1. The summed E-state index contributed by atoms with van der Waals surface area (Å²) in [5.74, 6) is 1.17. The Kier molecular flexibility index (Phi) is 3.15. The van der Waals surface area contributed by atoms with Crippen LogP contribution in [0.5, 0.6) is 0 Å². The number of hydrogen-bond donors (Lipinski definition) is 0. The van der Waals surface area contributed by atoms with E-state index in [1.165, 1.54) is 25.7 Å². The van der Waals surface area contributed by atoms with Crippen LogP contribution in [0, 0.1) is 5.92 Å². The van der Waals surface area contributed by atoms with E-state index in [1.54, 1.807) is 6.92 Å². The van der Waals surface area contributed by atoms with Gasteiger partial charge in [-0.1, -0.05) is 12.8 Å². The molecule has 0 amide bonds. The smallest absolute Gasteiger partial charge is 0.146 e. The lowest BCUT2D eigenvalue weighted by atomic mass is 9.84. The quantitative estimate of drug-likeness (QED) is 0.697. The molecule has 0 radical (unpaired) electrons. The van der Waals surface area contributed by atoms with Crippen molar-refractivity contribution in [1.29, 1.82) is 0 Å². The Labute approximate surface area is 93.0 Å². The third-order valence-corrected chi connectivity index (χ3v) is 4.20. The van der Waals surface area contributed by atoms with Crippen molar-refractivity contribution in [3.63, 3.8) is 0 Å². The molecule has 1 saturated heterocycles. The monoisotopic (exact) mass is 209 g/mol. The van der Waals surface area contributed by atoms with E-state index in [9.17, 15) is 4.79 Å². The summed E-state index contributed by atoms with van der Waals surface area (Å²) in [6.07, 6.45) is 6.51. The molecule has 0 bridgehead atoms. The van der Waals surface area contributed by atoms with Crippen molar-refractivity contribution in [3.8, 4) is 0 Å². The molecule has 2 rings (SSSR count). The molecular weight excluding hydrogens is 186 g/mol. The summed E-state index contributed by atoms with van der Waals surface area (Å²) in [6.45, 7) is 6.22. The number of nitrogens with zero attached hydrogens (tertiary/aromatic N) is 1. The Balaban J connectivity index is 2.17. The van der Waals surface area contributed by atoms with E-state index in [2.05, 4.69) is 18.7 Å². The van der Waals surface area contributed by atoms with Crippen LogP contribution in [0.25, 0.3) is 0 Å². The van der Waals surface area contributed by atoms with Gasteiger partial charge in [0.05, 0.1) is 6.04 Å². The molecule has 2 fully saturated rings. The lowest BCUT2D eigenvalue weighted by molar-refractivity contribution is -0.122. The summed E-state index contributed by atoms with van der Waals surface area (Å²) in [5, 5.41) is 0. The first kappa shape index (κ1) is 11.1. The number of ketones is 1. The molecule has 3 atom stereocenters. The molecule has 2 nitrogen and oxygen atoms in total. The van der Waals surface area contributed by atoms with Gasteiger partial charge in [0.25, 0.3) is 0 Å². The van der Waals surface area contributed by atoms with Crippen LogP contribution in [-0.4, -0.2) is 28.8 Å². The van der Waals surface area contributed by atoms with E-state index in [1.807, 2.05) is 0 Å². The molecule has 0 aromatic rings. The minimum absolute atomic E-state index is 0.220. The molecule has 1 heterocycles. The van der Waals surface area contributed by atoms with E-state index in [0.29, 0.717) is 17.9 Å². The van der Waals surface area contributed by atoms with Gasteiger partial charge in [-0.25, -0.2) is 0 Å². The maximum absolute atomic E-state index is 11.7. The highest BCUT2D eigenvalue weighted by atomic mass is 16.1. The first-order chi connectivity index (χ1) is 7.11. The van der Waals surface area contributed by atoms with Crippen LogP contribution >= 0.6 is 0 Å². The minimum atomic E-state index is 0.220. The Morgan fingerprint density at radius 2 is 1.93 bits per heavy atom. The van der Waals surface area contributed by atoms with Gasteiger partial charge >= 0.3 is 0 Å². The predicted molar refractivity (Wildman–Crippen MR) is 61.8 cm³/mol. The van der Waals surface area contributed by atoms with Gasteiger partial charge in [0.15, 0.2) is 0 Å². The second kappa shape index (κ2) is 4.25. The van der Waals surface area contributed by atoms with Crippen molar-refractivity contribution >= 4 is 5.78 Å². The first-order valence-electron chi connectivity index (χ1n) is 6.39. The molecule has 0 aromatic heterocycles. The first-order valence-corrected chi connectivity index (χ1v) is 6.39. The maximum Gasteiger partial charge on any atom is 0.146 e. The van der Waals surface area contributed by atoms with Crippen molar-refractivity contribution in [2.75, 3.05) is 0 Å². The van der Waals surface area contributed by atoms with Crippen LogP contribution in [0.1, 0.15) is 52.9 Å². The number of carbonyl (C=O) groups is 1. The maximum atomic E-state index is 11.7. The predicted octanol–water partition coefficient (Wildman–Crippen LogP) is 2.62. The van der Waals surface area contributed by atoms with E-state index in [-0.39, 0.29) is 6.04 Å². The normalized spacial score (nSPS) is 36.9. The average Bonchev–Trinajstić information content (AvgIpc) is 2.56. The number of rotatable bonds is 2. The fourth-order valence-corrected chi connectivity index (χ4v) is 3.61. The lowest BCUT2D eigenvalue weighted by Gasteiger charge is -2.36. The standard InChI is InChI=1S/C13H23NO/c1-9(2)14-12-7-5-4-6-11(12)8-13(14)10(3)15/h9,11-13H,4-8H2,1-3H3. The number of likely N-dealkylation sites (tertiary alicyclic amines) is 1. The zero-order valence-corrected chi connectivity index (χ0v) is 10.2. The highest BCUT2D eigenvalue weighted by molar-refractivity contribution is 5.81. The van der Waals surface area contributed by atoms with E-state index in [4.69, 9.17) is 0 Å². The van der Waals surface area contributed by atoms with E-state index in [0.717, 1.165) is 12.3 Å². The Bertz CT molecular complexity index is 249. The molecular formula is C13H23NO. The van der Waals surface area contributed by atoms with Crippen molar-refractivity contribution in [1.82, 2.24) is 4.90 Å². The van der Waals surface area contributed by atoms with Crippen LogP contribution < -0.4 is 0 Å². The van der Waals surface area contributed by atoms with Gasteiger partial charge in [0.1, 0.15) is 5.78 Å². The van der Waals surface area contributed by atoms with Gasteiger partial charge in [0, 0.05) is 12.1 Å². The summed E-state index contributed by atoms with van der Waals surface area (Å²) in [5.41, 5.74) is 0. The van der Waals surface area contributed by atoms with Crippen molar-refractivity contribution in [2.24, 2.45) is 5.92 Å². The molecule has 86 valence electrons. The highest BCUT2D eigenvalue weighted by Gasteiger charge is 2.44. The molecule has 1 saturated carbocycles. The summed E-state index contributed by atoms with van der Waals surface area (Å²) in [7, 11) is 0. The van der Waals surface area contributed by atoms with Crippen LogP contribution in [0.2, 0.25) is 0 Å². The fourth-order valence-electron chi connectivity index (χ4n) is 3.61. The molecule has 0 spiro atoms. The summed E-state index contributed by atoms with van der Waals surface area (Å²) >= 11 is 0. The van der Waals surface area contributed by atoms with Gasteiger partial charge in [-0.15, -0.1) is 0 Å². The molecule has 2 heteroatoms. The van der Waals surface area contributed by atoms with E-state index < -0.39 is 0 Å². The van der Waals surface area contributed by atoms with Crippen LogP contribution in [-0.2, 0) is 4.79 Å². The molecule has 3 unspecified atom stereocenters. The molecule has 0 N–H and O–H groups in total. The van der Waals surface area contributed by atoms with Gasteiger partial charge in [-0.05, 0) is 46.0 Å². The molecule has 2 aliphatic rings. The van der Waals surface area contributed by atoms with Crippen molar-refractivity contribution in [2.45, 2.75) is 71.0 Å². The molecule has 1 aliphatic heterocycles. The van der Waals surface area contributed by atoms with Crippen molar-refractivity contribution < 1.29 is 4.79 Å². The third-order valence-electron chi connectivity index (χ3n) is 4.20. The Morgan fingerprint density at radius 1 is 1.27 bits per heavy atom. The minimum Gasteiger partial charge on any atom is -0.298 e. The summed E-state index contributed by atoms with van der Waals surface area (Å²) < 4.78 is 0. The van der Waals surface area contributed by atoms with Crippen molar-refractivity contribution in [3.05, 3.63) is 0 Å². The van der Waals surface area contributed by atoms with E-state index >= 15 is 0 Å². The number of carbonyl (C=O) groups excluding carboxylic acids is 1. The summed E-state index contributed by atoms with van der Waals surface area (Å²) in [4.78, 5) is 14.2. The fraction of sp³-hybridized carbons (Fsp3) is 0.923. The largest absolute Gasteiger partial charge is 0.298 e. The Hall–Kier alpha value is -0.370. The zero-order valence-electron chi connectivity index (χ0n) is 10.2. The average molecular weight is 209 g/mol. The summed E-state index contributed by atoms with van der Waals surface area (Å²) in [6, 6.07) is 1.44. The number of hydrogen-bond acceptors (Lipinski definition) is 2. The lowest BCUT2D eigenvalue weighted by Crippen LogP contribution is -2.45. The van der Waals surface area contributed by atoms with Gasteiger partial charge in [-0.3, -0.25) is 9.69 Å². The molecule has 1 aliphatic carbocycles. The van der Waals surface area contributed by atoms with Gasteiger partial charge in [0.2, 0.25) is 0 Å². The van der Waals surface area contributed by atoms with Gasteiger partial charge < -0.3 is 0 Å². The SMILES string of the molecule is CC(=O)C1CC2CCCCC2N1C(C)C. The topological polar surface area (TPSA) is 20.3 Å². The van der Waals surface area contributed by atoms with Crippen LogP contribution in [0.3, 0.4) is 0 Å². The zero-order chi connectivity index (χ0) is 11.0. The van der Waals surface area contributed by atoms with Gasteiger partial charge in [-0.2, -0.15) is 0 Å². The second-order valence-electron chi connectivity index (χ2n) is 5.51. The molecule has 0 aromatic carbocycles. The highest BCUT2D eigenvalue weighted by Crippen LogP contribution is 2.40. The van der Waals surface area contributed by atoms with Crippen LogP contribution in [0.4, 0.5) is 0 Å². The third kappa shape index (κ3) is 1.96. The van der Waals surface area contributed by atoms with Crippen LogP contribution in [0.15, 0.2) is 0 Å². The molecule has 15 heavy (non-hydrogen) atoms.